The van der Waals surface area contributed by atoms with Gasteiger partial charge in [0.25, 0.3) is 0 Å². The molecule has 1 aliphatic carbocycles. The van der Waals surface area contributed by atoms with Crippen LogP contribution in [0, 0.1) is 12.3 Å². The van der Waals surface area contributed by atoms with Crippen LogP contribution in [0.15, 0.2) is 18.2 Å². The van der Waals surface area contributed by atoms with Gasteiger partial charge in [-0.2, -0.15) is 0 Å². The Bertz CT molecular complexity index is 579. The molecular weight excluding hydrogens is 298 g/mol. The SMILES string of the molecule is C#CCO[C@H]1CC[C@@H](N2CCC(c3cccc(N)c3N)CC2)CC1. The van der Waals surface area contributed by atoms with Crippen LogP contribution < -0.4 is 11.5 Å². The number of nitrogens with zero attached hydrogens (tertiary/aromatic N) is 1. The summed E-state index contributed by atoms with van der Waals surface area (Å²) in [6, 6.07) is 6.74. The molecule has 4 heteroatoms. The van der Waals surface area contributed by atoms with E-state index in [4.69, 9.17) is 22.6 Å². The summed E-state index contributed by atoms with van der Waals surface area (Å²) < 4.78 is 5.69. The summed E-state index contributed by atoms with van der Waals surface area (Å²) in [6.45, 7) is 2.75. The molecule has 0 atom stereocenters. The van der Waals surface area contributed by atoms with Crippen molar-refractivity contribution in [2.45, 2.75) is 56.6 Å². The van der Waals surface area contributed by atoms with Crippen LogP contribution in [-0.2, 0) is 4.74 Å². The molecule has 130 valence electrons. The number of benzene rings is 1. The van der Waals surface area contributed by atoms with Crippen molar-refractivity contribution in [2.75, 3.05) is 31.2 Å². The van der Waals surface area contributed by atoms with Crippen LogP contribution in [-0.4, -0.2) is 36.7 Å². The molecule has 1 aromatic rings. The molecule has 1 saturated heterocycles. The number of hydrogen-bond acceptors (Lipinski definition) is 4. The Hall–Kier alpha value is -1.70. The molecule has 2 fully saturated rings. The quantitative estimate of drug-likeness (QED) is 0.659. The summed E-state index contributed by atoms with van der Waals surface area (Å²) in [7, 11) is 0. The Morgan fingerprint density at radius 3 is 2.46 bits per heavy atom. The van der Waals surface area contributed by atoms with E-state index in [2.05, 4.69) is 16.9 Å². The lowest BCUT2D eigenvalue weighted by atomic mass is 9.85. The molecule has 1 heterocycles. The first-order chi connectivity index (χ1) is 11.7. The molecule has 4 N–H and O–H groups in total. The summed E-state index contributed by atoms with van der Waals surface area (Å²) in [5.41, 5.74) is 14.9. The third kappa shape index (κ3) is 3.85. The summed E-state index contributed by atoms with van der Waals surface area (Å²) in [6.07, 6.45) is 12.7. The number of rotatable bonds is 4. The van der Waals surface area contributed by atoms with Gasteiger partial charge >= 0.3 is 0 Å². The van der Waals surface area contributed by atoms with Crippen LogP contribution >= 0.6 is 0 Å². The second kappa shape index (κ2) is 7.92. The highest BCUT2D eigenvalue weighted by molar-refractivity contribution is 5.68. The highest BCUT2D eigenvalue weighted by atomic mass is 16.5. The fourth-order valence-electron chi connectivity index (χ4n) is 4.28. The van der Waals surface area contributed by atoms with E-state index in [1.54, 1.807) is 0 Å². The molecule has 0 unspecified atom stereocenters. The molecule has 24 heavy (non-hydrogen) atoms. The van der Waals surface area contributed by atoms with Gasteiger partial charge in [-0.25, -0.2) is 0 Å². The summed E-state index contributed by atoms with van der Waals surface area (Å²) in [5.74, 6) is 3.11. The number of piperidine rings is 1. The normalized spacial score (nSPS) is 26.1. The molecule has 1 aromatic carbocycles. The smallest absolute Gasteiger partial charge is 0.107 e. The lowest BCUT2D eigenvalue weighted by Gasteiger charge is -2.41. The minimum Gasteiger partial charge on any atom is -0.397 e. The number of nitrogen functional groups attached to an aromatic ring is 2. The topological polar surface area (TPSA) is 64.5 Å². The second-order valence-corrected chi connectivity index (χ2v) is 7.11. The van der Waals surface area contributed by atoms with Gasteiger partial charge in [0, 0.05) is 6.04 Å². The minimum absolute atomic E-state index is 0.363. The highest BCUT2D eigenvalue weighted by Gasteiger charge is 2.30. The van der Waals surface area contributed by atoms with E-state index in [0.717, 1.165) is 31.6 Å². The van der Waals surface area contributed by atoms with E-state index >= 15 is 0 Å². The monoisotopic (exact) mass is 327 g/mol. The maximum atomic E-state index is 6.18. The summed E-state index contributed by atoms with van der Waals surface area (Å²) >= 11 is 0. The lowest BCUT2D eigenvalue weighted by Crippen LogP contribution is -2.43. The number of nitrogens with two attached hydrogens (primary N) is 2. The molecule has 1 aliphatic heterocycles. The zero-order valence-electron chi connectivity index (χ0n) is 14.4. The second-order valence-electron chi connectivity index (χ2n) is 7.11. The van der Waals surface area contributed by atoms with Crippen molar-refractivity contribution in [3.63, 3.8) is 0 Å². The van der Waals surface area contributed by atoms with Crippen LogP contribution in [0.2, 0.25) is 0 Å². The molecule has 0 bridgehead atoms. The van der Waals surface area contributed by atoms with Crippen molar-refractivity contribution in [1.82, 2.24) is 4.90 Å². The highest BCUT2D eigenvalue weighted by Crippen LogP contribution is 2.36. The van der Waals surface area contributed by atoms with Crippen molar-refractivity contribution in [2.24, 2.45) is 0 Å². The minimum atomic E-state index is 0.363. The Balaban J connectivity index is 1.49. The number of para-hydroxylation sites is 1. The fourth-order valence-corrected chi connectivity index (χ4v) is 4.28. The van der Waals surface area contributed by atoms with Gasteiger partial charge in [-0.15, -0.1) is 6.42 Å². The number of ether oxygens (including phenoxy) is 1. The molecule has 4 nitrogen and oxygen atoms in total. The molecule has 3 rings (SSSR count). The van der Waals surface area contributed by atoms with Crippen LogP contribution in [0.3, 0.4) is 0 Å². The Morgan fingerprint density at radius 2 is 1.79 bits per heavy atom. The molecule has 0 aromatic heterocycles. The largest absolute Gasteiger partial charge is 0.397 e. The zero-order chi connectivity index (χ0) is 16.9. The van der Waals surface area contributed by atoms with Gasteiger partial charge in [0.15, 0.2) is 0 Å². The van der Waals surface area contributed by atoms with Gasteiger partial charge in [0.1, 0.15) is 6.61 Å². The van der Waals surface area contributed by atoms with Crippen LogP contribution in [0.4, 0.5) is 11.4 Å². The van der Waals surface area contributed by atoms with Gasteiger partial charge in [-0.3, -0.25) is 0 Å². The first-order valence-electron chi connectivity index (χ1n) is 9.12. The van der Waals surface area contributed by atoms with E-state index in [1.165, 1.54) is 31.2 Å². The molecule has 0 spiro atoms. The predicted octanol–water partition coefficient (Wildman–Crippen LogP) is 2.99. The molecular formula is C20H29N3O. The first-order valence-corrected chi connectivity index (χ1v) is 9.12. The van der Waals surface area contributed by atoms with Crippen LogP contribution in [0.25, 0.3) is 0 Å². The summed E-state index contributed by atoms with van der Waals surface area (Å²) in [4.78, 5) is 2.66. The average Bonchev–Trinajstić information content (AvgIpc) is 2.63. The average molecular weight is 327 g/mol. The molecule has 1 saturated carbocycles. The lowest BCUT2D eigenvalue weighted by molar-refractivity contribution is 0.0184. The fraction of sp³-hybridized carbons (Fsp3) is 0.600. The van der Waals surface area contributed by atoms with Crippen molar-refractivity contribution < 1.29 is 4.74 Å². The number of anilines is 2. The molecule has 0 amide bonds. The van der Waals surface area contributed by atoms with E-state index in [9.17, 15) is 0 Å². The Kier molecular flexibility index (Phi) is 5.65. The van der Waals surface area contributed by atoms with Gasteiger partial charge in [-0.05, 0) is 69.2 Å². The van der Waals surface area contributed by atoms with Gasteiger partial charge < -0.3 is 21.1 Å². The maximum absolute atomic E-state index is 6.18. The van der Waals surface area contributed by atoms with E-state index in [-0.39, 0.29) is 0 Å². The van der Waals surface area contributed by atoms with Crippen molar-refractivity contribution in [1.29, 1.82) is 0 Å². The van der Waals surface area contributed by atoms with Crippen LogP contribution in [0.1, 0.15) is 50.0 Å². The Morgan fingerprint density at radius 1 is 1.08 bits per heavy atom. The first kappa shape index (κ1) is 17.1. The standard InChI is InChI=1S/C20H29N3O/c1-2-14-24-17-8-6-16(7-9-17)23-12-10-15(11-13-23)18-4-3-5-19(21)20(18)22/h1,3-5,15-17H,6-14,21-22H2/t16-,17+. The van der Waals surface area contributed by atoms with Crippen molar-refractivity contribution >= 4 is 11.4 Å². The summed E-state index contributed by atoms with van der Waals surface area (Å²) in [5, 5.41) is 0. The number of likely N-dealkylation sites (tertiary alicyclic amines) is 1. The van der Waals surface area contributed by atoms with Gasteiger partial charge in [-0.1, -0.05) is 18.1 Å². The van der Waals surface area contributed by atoms with Gasteiger partial charge in [0.2, 0.25) is 0 Å². The van der Waals surface area contributed by atoms with Crippen LogP contribution in [0.5, 0.6) is 0 Å². The maximum Gasteiger partial charge on any atom is 0.107 e. The van der Waals surface area contributed by atoms with E-state index < -0.39 is 0 Å². The predicted molar refractivity (Wildman–Crippen MR) is 99.6 cm³/mol. The van der Waals surface area contributed by atoms with E-state index in [1.807, 2.05) is 12.1 Å². The zero-order valence-corrected chi connectivity index (χ0v) is 14.4. The molecule has 0 radical (unpaired) electrons. The third-order valence-electron chi connectivity index (χ3n) is 5.71. The van der Waals surface area contributed by atoms with Crippen molar-refractivity contribution in [3.05, 3.63) is 23.8 Å². The third-order valence-corrected chi connectivity index (χ3v) is 5.71. The van der Waals surface area contributed by atoms with Gasteiger partial charge in [0.05, 0.1) is 17.5 Å². The number of terminal acetylenes is 1. The van der Waals surface area contributed by atoms with E-state index in [0.29, 0.717) is 30.4 Å². The van der Waals surface area contributed by atoms with Crippen molar-refractivity contribution in [3.8, 4) is 12.3 Å². The molecule has 2 aliphatic rings. The number of hydrogen-bond donors (Lipinski definition) is 2. The Labute approximate surface area is 145 Å².